The van der Waals surface area contributed by atoms with Gasteiger partial charge in [-0.1, -0.05) is 6.42 Å². The van der Waals surface area contributed by atoms with Crippen LogP contribution in [0, 0.1) is 5.92 Å². The fraction of sp³-hybridized carbons (Fsp3) is 0.857. The quantitative estimate of drug-likeness (QED) is 0.520. The number of rotatable bonds is 1. The number of amides is 1. The highest BCUT2D eigenvalue weighted by Gasteiger charge is 2.48. The maximum absolute atomic E-state index is 11.0. The predicted molar refractivity (Wildman–Crippen MR) is 35.1 cm³/mol. The zero-order valence-corrected chi connectivity index (χ0v) is 5.79. The fourth-order valence-corrected chi connectivity index (χ4v) is 2.07. The number of hydrogen-bond acceptors (Lipinski definition) is 2. The van der Waals surface area contributed by atoms with Crippen molar-refractivity contribution < 1.29 is 9.90 Å². The van der Waals surface area contributed by atoms with E-state index in [-0.39, 0.29) is 18.6 Å². The molecule has 0 aromatic rings. The SMILES string of the molecule is O=C1[C@H]2CCC[C@@H]2N1CO. The van der Waals surface area contributed by atoms with E-state index >= 15 is 0 Å². The normalized spacial score (nSPS) is 37.7. The molecule has 0 aromatic carbocycles. The molecule has 0 spiro atoms. The highest BCUT2D eigenvalue weighted by molar-refractivity contribution is 5.86. The van der Waals surface area contributed by atoms with Crippen molar-refractivity contribution in [2.24, 2.45) is 5.92 Å². The Balaban J connectivity index is 2.08. The summed E-state index contributed by atoms with van der Waals surface area (Å²) in [7, 11) is 0. The molecule has 10 heavy (non-hydrogen) atoms. The lowest BCUT2D eigenvalue weighted by molar-refractivity contribution is -0.160. The number of carbonyl (C=O) groups excluding carboxylic acids is 1. The standard InChI is InChI=1S/C7H11NO2/c9-4-8-6-3-1-2-5(6)7(8)10/h5-6,9H,1-4H2/t5-,6-/m0/s1. The summed E-state index contributed by atoms with van der Waals surface area (Å²) < 4.78 is 0. The Morgan fingerprint density at radius 1 is 1.60 bits per heavy atom. The monoisotopic (exact) mass is 141 g/mol. The number of β-lactam (4-membered cyclic amide) rings is 1. The number of aliphatic hydroxyl groups excluding tert-OH is 1. The summed E-state index contributed by atoms with van der Waals surface area (Å²) in [5.74, 6) is 0.428. The van der Waals surface area contributed by atoms with Crippen LogP contribution in [0.4, 0.5) is 0 Å². The molecule has 0 unspecified atom stereocenters. The zero-order chi connectivity index (χ0) is 7.14. The molecule has 0 radical (unpaired) electrons. The van der Waals surface area contributed by atoms with Gasteiger partial charge in [-0.3, -0.25) is 4.79 Å². The molecule has 3 heteroatoms. The first-order chi connectivity index (χ1) is 4.84. The molecule has 1 N–H and O–H groups in total. The largest absolute Gasteiger partial charge is 0.376 e. The molecule has 2 aliphatic rings. The molecule has 1 saturated carbocycles. The Morgan fingerprint density at radius 3 is 3.10 bits per heavy atom. The van der Waals surface area contributed by atoms with Crippen LogP contribution >= 0.6 is 0 Å². The summed E-state index contributed by atoms with van der Waals surface area (Å²) >= 11 is 0. The van der Waals surface area contributed by atoms with Crippen molar-refractivity contribution in [2.45, 2.75) is 25.3 Å². The first-order valence-electron chi connectivity index (χ1n) is 3.76. The van der Waals surface area contributed by atoms with Crippen LogP contribution in [0.2, 0.25) is 0 Å². The zero-order valence-electron chi connectivity index (χ0n) is 5.79. The molecule has 3 nitrogen and oxygen atoms in total. The molecule has 0 aromatic heterocycles. The van der Waals surface area contributed by atoms with E-state index in [1.165, 1.54) is 0 Å². The number of hydrogen-bond donors (Lipinski definition) is 1. The topological polar surface area (TPSA) is 40.5 Å². The third-order valence-corrected chi connectivity index (χ3v) is 2.63. The summed E-state index contributed by atoms with van der Waals surface area (Å²) in [6.07, 6.45) is 3.29. The van der Waals surface area contributed by atoms with Gasteiger partial charge in [0.15, 0.2) is 0 Å². The van der Waals surface area contributed by atoms with Gasteiger partial charge in [-0.2, -0.15) is 0 Å². The van der Waals surface area contributed by atoms with Gasteiger partial charge in [0, 0.05) is 6.04 Å². The molecule has 1 aliphatic heterocycles. The van der Waals surface area contributed by atoms with Gasteiger partial charge in [-0.25, -0.2) is 0 Å². The van der Waals surface area contributed by atoms with Crippen molar-refractivity contribution in [3.05, 3.63) is 0 Å². The van der Waals surface area contributed by atoms with Crippen molar-refractivity contribution in [3.63, 3.8) is 0 Å². The van der Waals surface area contributed by atoms with Crippen molar-refractivity contribution in [1.29, 1.82) is 0 Å². The van der Waals surface area contributed by atoms with Crippen LogP contribution < -0.4 is 0 Å². The van der Waals surface area contributed by atoms with E-state index in [1.807, 2.05) is 0 Å². The molecular formula is C7H11NO2. The van der Waals surface area contributed by atoms with E-state index in [1.54, 1.807) is 4.90 Å². The van der Waals surface area contributed by atoms with Crippen LogP contribution in [0.25, 0.3) is 0 Å². The van der Waals surface area contributed by atoms with Crippen LogP contribution in [0.5, 0.6) is 0 Å². The predicted octanol–water partition coefficient (Wildman–Crippen LogP) is -0.0529. The molecule has 1 aliphatic carbocycles. The smallest absolute Gasteiger partial charge is 0.229 e. The summed E-state index contributed by atoms with van der Waals surface area (Å²) in [6, 6.07) is 0.387. The van der Waals surface area contributed by atoms with Gasteiger partial charge in [-0.15, -0.1) is 0 Å². The first-order valence-corrected chi connectivity index (χ1v) is 3.76. The maximum Gasteiger partial charge on any atom is 0.229 e. The lowest BCUT2D eigenvalue weighted by Crippen LogP contribution is -2.58. The lowest BCUT2D eigenvalue weighted by Gasteiger charge is -2.42. The molecule has 2 atom stereocenters. The van der Waals surface area contributed by atoms with E-state index in [9.17, 15) is 4.79 Å². The number of carbonyl (C=O) groups is 1. The summed E-state index contributed by atoms with van der Waals surface area (Å²) in [5, 5.41) is 8.71. The molecule has 0 bridgehead atoms. The van der Waals surface area contributed by atoms with Crippen LogP contribution in [0.1, 0.15) is 19.3 Å². The van der Waals surface area contributed by atoms with Gasteiger partial charge >= 0.3 is 0 Å². The third-order valence-electron chi connectivity index (χ3n) is 2.63. The Hall–Kier alpha value is -0.570. The van der Waals surface area contributed by atoms with E-state index in [4.69, 9.17) is 5.11 Å². The fourth-order valence-electron chi connectivity index (χ4n) is 2.07. The molecular weight excluding hydrogens is 130 g/mol. The van der Waals surface area contributed by atoms with Crippen LogP contribution in [-0.4, -0.2) is 28.7 Å². The van der Waals surface area contributed by atoms with Gasteiger partial charge in [0.05, 0.1) is 5.92 Å². The van der Waals surface area contributed by atoms with Crippen LogP contribution in [0.15, 0.2) is 0 Å². The van der Waals surface area contributed by atoms with Gasteiger partial charge in [0.25, 0.3) is 0 Å². The van der Waals surface area contributed by atoms with Gasteiger partial charge in [0.2, 0.25) is 5.91 Å². The minimum Gasteiger partial charge on any atom is -0.376 e. The van der Waals surface area contributed by atoms with Gasteiger partial charge < -0.3 is 10.0 Å². The maximum atomic E-state index is 11.0. The Labute approximate surface area is 59.6 Å². The molecule has 56 valence electrons. The minimum atomic E-state index is -0.0833. The highest BCUT2D eigenvalue weighted by Crippen LogP contribution is 2.39. The number of aliphatic hydroxyl groups is 1. The number of fused-ring (bicyclic) bond motifs is 1. The molecule has 1 saturated heterocycles. The van der Waals surface area contributed by atoms with Gasteiger partial charge in [0.1, 0.15) is 6.73 Å². The third kappa shape index (κ3) is 0.560. The van der Waals surface area contributed by atoms with Crippen molar-refractivity contribution >= 4 is 5.91 Å². The number of likely N-dealkylation sites (tertiary alicyclic amines) is 1. The van der Waals surface area contributed by atoms with Crippen LogP contribution in [-0.2, 0) is 4.79 Å². The molecule has 2 fully saturated rings. The number of nitrogens with zero attached hydrogens (tertiary/aromatic N) is 1. The highest BCUT2D eigenvalue weighted by atomic mass is 16.3. The Morgan fingerprint density at radius 2 is 2.40 bits per heavy atom. The van der Waals surface area contributed by atoms with Crippen molar-refractivity contribution in [1.82, 2.24) is 4.90 Å². The average Bonchev–Trinajstić information content (AvgIpc) is 2.33. The second-order valence-electron chi connectivity index (χ2n) is 3.05. The van der Waals surface area contributed by atoms with E-state index in [0.717, 1.165) is 19.3 Å². The summed E-state index contributed by atoms with van der Waals surface area (Å²) in [6.45, 7) is -0.0833. The summed E-state index contributed by atoms with van der Waals surface area (Å²) in [5.41, 5.74) is 0. The lowest BCUT2D eigenvalue weighted by atomic mass is 9.92. The molecule has 1 amide bonds. The Kier molecular flexibility index (Phi) is 1.20. The second kappa shape index (κ2) is 1.95. The van der Waals surface area contributed by atoms with E-state index < -0.39 is 0 Å². The Bertz CT molecular complexity index is 169. The summed E-state index contributed by atoms with van der Waals surface area (Å²) in [4.78, 5) is 12.6. The average molecular weight is 141 g/mol. The van der Waals surface area contributed by atoms with Gasteiger partial charge in [-0.05, 0) is 12.8 Å². The van der Waals surface area contributed by atoms with Crippen molar-refractivity contribution in [2.75, 3.05) is 6.73 Å². The minimum absolute atomic E-state index is 0.0833. The molecule has 1 heterocycles. The second-order valence-corrected chi connectivity index (χ2v) is 3.05. The van der Waals surface area contributed by atoms with Crippen LogP contribution in [0.3, 0.4) is 0 Å². The molecule has 2 rings (SSSR count). The van der Waals surface area contributed by atoms with Crippen molar-refractivity contribution in [3.8, 4) is 0 Å². The first kappa shape index (κ1) is 6.16. The van der Waals surface area contributed by atoms with E-state index in [2.05, 4.69) is 0 Å². The van der Waals surface area contributed by atoms with E-state index in [0.29, 0.717) is 6.04 Å².